The maximum Gasteiger partial charge on any atom is 0.111 e. The van der Waals surface area contributed by atoms with Gasteiger partial charge >= 0.3 is 0 Å². The first-order chi connectivity index (χ1) is 12.1. The minimum atomic E-state index is -1.81. The van der Waals surface area contributed by atoms with Crippen molar-refractivity contribution in [1.29, 1.82) is 0 Å². The van der Waals surface area contributed by atoms with Crippen LogP contribution in [0.2, 0.25) is 0 Å². The molecule has 12 heteroatoms. The van der Waals surface area contributed by atoms with Gasteiger partial charge in [-0.15, -0.1) is 0 Å². The summed E-state index contributed by atoms with van der Waals surface area (Å²) in [5, 5.41) is 94.8. The molecule has 0 fully saturated rings. The van der Waals surface area contributed by atoms with E-state index in [0.29, 0.717) is 0 Å². The van der Waals surface area contributed by atoms with Crippen LogP contribution in [0.1, 0.15) is 0 Å². The van der Waals surface area contributed by atoms with E-state index < -0.39 is 62.0 Å². The Hall–Kier alpha value is -0.480. The smallest absolute Gasteiger partial charge is 0.111 e. The first-order valence-corrected chi connectivity index (χ1v) is 8.19. The zero-order valence-electron chi connectivity index (χ0n) is 14.4. The van der Waals surface area contributed by atoms with Crippen molar-refractivity contribution in [3.63, 3.8) is 0 Å². The molecule has 0 aromatic heterocycles. The predicted molar refractivity (Wildman–Crippen MR) is 87.7 cm³/mol. The molecule has 0 bridgehead atoms. The van der Waals surface area contributed by atoms with Gasteiger partial charge in [0.1, 0.15) is 36.6 Å². The van der Waals surface area contributed by atoms with Gasteiger partial charge in [-0.05, 0) is 0 Å². The van der Waals surface area contributed by atoms with Gasteiger partial charge in [0.05, 0.1) is 25.4 Å². The number of hydrogen-bond acceptors (Lipinski definition) is 12. The summed E-state index contributed by atoms with van der Waals surface area (Å²) in [7, 11) is 0. The van der Waals surface area contributed by atoms with Crippen molar-refractivity contribution in [3.05, 3.63) is 0 Å². The van der Waals surface area contributed by atoms with Crippen LogP contribution in [0.15, 0.2) is 0 Å². The second kappa shape index (κ2) is 12.8. The van der Waals surface area contributed by atoms with E-state index in [1.54, 1.807) is 0 Å². The van der Waals surface area contributed by atoms with Gasteiger partial charge in [0.25, 0.3) is 0 Å². The minimum Gasteiger partial charge on any atom is -0.394 e. The maximum absolute atomic E-state index is 9.96. The normalized spacial score (nSPS) is 21.7. The molecule has 0 aromatic rings. The summed E-state index contributed by atoms with van der Waals surface area (Å²) < 4.78 is 0. The van der Waals surface area contributed by atoms with Crippen molar-refractivity contribution in [1.82, 2.24) is 4.90 Å². The average molecular weight is 388 g/mol. The number of rotatable bonds is 14. The van der Waals surface area contributed by atoms with E-state index in [9.17, 15) is 40.9 Å². The molecule has 0 saturated carbocycles. The van der Waals surface area contributed by atoms with Crippen LogP contribution < -0.4 is 5.73 Å². The van der Waals surface area contributed by atoms with Gasteiger partial charge in [-0.2, -0.15) is 0 Å². The van der Waals surface area contributed by atoms with E-state index >= 15 is 0 Å². The fourth-order valence-electron chi connectivity index (χ4n) is 2.31. The summed E-state index contributed by atoms with van der Waals surface area (Å²) >= 11 is 0. The Kier molecular flexibility index (Phi) is 12.6. The first kappa shape index (κ1) is 25.5. The molecule has 0 aliphatic rings. The van der Waals surface area contributed by atoms with Gasteiger partial charge in [0.2, 0.25) is 0 Å². The average Bonchev–Trinajstić information content (AvgIpc) is 2.63. The van der Waals surface area contributed by atoms with E-state index in [1.165, 1.54) is 4.90 Å². The Balaban J connectivity index is 4.81. The van der Waals surface area contributed by atoms with Crippen LogP contribution in [-0.2, 0) is 0 Å². The van der Waals surface area contributed by atoms with Crippen molar-refractivity contribution in [2.45, 2.75) is 48.8 Å². The van der Waals surface area contributed by atoms with Gasteiger partial charge in [0, 0.05) is 26.2 Å². The standard InChI is InChI=1S/C14H32N2O10/c15-1-2-16(3-7(19)11(23)13(25)9(21)5-17)4-8(20)12(24)14(26)10(22)6-18/h7-14,17-26H,1-6,15H2/t7-,8?,9+,10+,11+,12+,13+,14+/m0/s1. The number of nitrogens with zero attached hydrogens (tertiary/aromatic N) is 1. The summed E-state index contributed by atoms with van der Waals surface area (Å²) in [4.78, 5) is 1.32. The molecule has 0 aliphatic heterocycles. The predicted octanol–water partition coefficient (Wildman–Crippen LogP) is -6.88. The van der Waals surface area contributed by atoms with E-state index in [1.807, 2.05) is 0 Å². The number of hydrogen-bond donors (Lipinski definition) is 11. The molecule has 12 nitrogen and oxygen atoms in total. The monoisotopic (exact) mass is 388 g/mol. The van der Waals surface area contributed by atoms with Crippen LogP contribution in [0.25, 0.3) is 0 Å². The lowest BCUT2D eigenvalue weighted by molar-refractivity contribution is -0.130. The summed E-state index contributed by atoms with van der Waals surface area (Å²) in [5.41, 5.74) is 5.42. The molecule has 26 heavy (non-hydrogen) atoms. The number of nitrogens with two attached hydrogens (primary N) is 1. The molecule has 158 valence electrons. The Morgan fingerprint density at radius 2 is 0.885 bits per heavy atom. The highest BCUT2D eigenvalue weighted by molar-refractivity contribution is 4.86. The highest BCUT2D eigenvalue weighted by Crippen LogP contribution is 2.10. The SMILES string of the molecule is NCCN(CC(O)[C@@H](O)[C@H](O)[C@H](O)CO)C[C@H](O)[C@@H](O)[C@H](O)[C@H](O)CO. The Bertz CT molecular complexity index is 337. The van der Waals surface area contributed by atoms with Crippen molar-refractivity contribution >= 4 is 0 Å². The maximum atomic E-state index is 9.96. The molecule has 0 saturated heterocycles. The second-order valence-electron chi connectivity index (χ2n) is 6.15. The van der Waals surface area contributed by atoms with E-state index in [2.05, 4.69) is 0 Å². The number of aliphatic hydroxyl groups is 10. The molecule has 0 spiro atoms. The molecule has 0 radical (unpaired) electrons. The highest BCUT2D eigenvalue weighted by atomic mass is 16.4. The van der Waals surface area contributed by atoms with Crippen LogP contribution in [0.4, 0.5) is 0 Å². The molecular weight excluding hydrogens is 356 g/mol. The second-order valence-corrected chi connectivity index (χ2v) is 6.15. The third-order valence-electron chi connectivity index (χ3n) is 3.99. The van der Waals surface area contributed by atoms with Crippen LogP contribution >= 0.6 is 0 Å². The molecule has 1 unspecified atom stereocenters. The molecule has 0 amide bonds. The van der Waals surface area contributed by atoms with Crippen LogP contribution in [-0.4, -0.2) is 144 Å². The minimum absolute atomic E-state index is 0.0786. The van der Waals surface area contributed by atoms with Crippen molar-refractivity contribution in [2.24, 2.45) is 5.73 Å². The van der Waals surface area contributed by atoms with Gasteiger partial charge < -0.3 is 56.8 Å². The zero-order chi connectivity index (χ0) is 20.4. The largest absolute Gasteiger partial charge is 0.394 e. The van der Waals surface area contributed by atoms with E-state index in [-0.39, 0.29) is 26.2 Å². The lowest BCUT2D eigenvalue weighted by Gasteiger charge is -2.33. The highest BCUT2D eigenvalue weighted by Gasteiger charge is 2.34. The van der Waals surface area contributed by atoms with Crippen molar-refractivity contribution in [3.8, 4) is 0 Å². The molecular formula is C14H32N2O10. The van der Waals surface area contributed by atoms with Crippen LogP contribution in [0.5, 0.6) is 0 Å². The lowest BCUT2D eigenvalue weighted by atomic mass is 10.0. The third kappa shape index (κ3) is 8.04. The fourth-order valence-corrected chi connectivity index (χ4v) is 2.31. The molecule has 0 aliphatic carbocycles. The third-order valence-corrected chi connectivity index (χ3v) is 3.99. The van der Waals surface area contributed by atoms with E-state index in [4.69, 9.17) is 15.9 Å². The van der Waals surface area contributed by atoms with E-state index in [0.717, 1.165) is 0 Å². The molecule has 8 atom stereocenters. The lowest BCUT2D eigenvalue weighted by Crippen LogP contribution is -2.53. The molecule has 0 aromatic carbocycles. The van der Waals surface area contributed by atoms with Gasteiger partial charge in [-0.3, -0.25) is 4.90 Å². The van der Waals surface area contributed by atoms with Gasteiger partial charge in [-0.1, -0.05) is 0 Å². The topological polar surface area (TPSA) is 232 Å². The molecule has 12 N–H and O–H groups in total. The van der Waals surface area contributed by atoms with Crippen LogP contribution in [0, 0.1) is 0 Å². The van der Waals surface area contributed by atoms with Crippen molar-refractivity contribution < 1.29 is 51.1 Å². The summed E-state index contributed by atoms with van der Waals surface area (Å²) in [5.74, 6) is 0. The summed E-state index contributed by atoms with van der Waals surface area (Å²) in [6.45, 7) is -2.12. The zero-order valence-corrected chi connectivity index (χ0v) is 14.4. The summed E-state index contributed by atoms with van der Waals surface area (Å²) in [6, 6.07) is 0. The quantitative estimate of drug-likeness (QED) is 0.133. The van der Waals surface area contributed by atoms with Crippen molar-refractivity contribution in [2.75, 3.05) is 39.4 Å². The molecule has 0 heterocycles. The van der Waals surface area contributed by atoms with Gasteiger partial charge in [0.15, 0.2) is 0 Å². The molecule has 0 rings (SSSR count). The summed E-state index contributed by atoms with van der Waals surface area (Å²) in [6.07, 6.45) is -13.7. The first-order valence-electron chi connectivity index (χ1n) is 8.19. The Morgan fingerprint density at radius 1 is 0.577 bits per heavy atom. The number of aliphatic hydroxyl groups excluding tert-OH is 10. The van der Waals surface area contributed by atoms with Crippen LogP contribution in [0.3, 0.4) is 0 Å². The Labute approximate surface area is 151 Å². The Morgan fingerprint density at radius 3 is 1.15 bits per heavy atom. The fraction of sp³-hybridized carbons (Fsp3) is 1.00. The van der Waals surface area contributed by atoms with Gasteiger partial charge in [-0.25, -0.2) is 0 Å².